The van der Waals surface area contributed by atoms with Crippen molar-refractivity contribution in [3.05, 3.63) is 16.3 Å². The number of fused-ring (bicyclic) bond motifs is 3. The van der Waals surface area contributed by atoms with Crippen LogP contribution in [0.2, 0.25) is 0 Å². The second-order valence-corrected chi connectivity index (χ2v) is 10.3. The summed E-state index contributed by atoms with van der Waals surface area (Å²) in [4.78, 5) is 23.6. The Kier molecular flexibility index (Phi) is 3.41. The van der Waals surface area contributed by atoms with Gasteiger partial charge in [0.15, 0.2) is 5.82 Å². The van der Waals surface area contributed by atoms with Gasteiger partial charge in [-0.3, -0.25) is 9.13 Å². The van der Waals surface area contributed by atoms with Crippen LogP contribution in [0.15, 0.2) is 4.79 Å². The molecule has 4 aliphatic carbocycles. The Morgan fingerprint density at radius 2 is 1.93 bits per heavy atom. The first-order valence-corrected chi connectivity index (χ1v) is 11.3. The van der Waals surface area contributed by atoms with Crippen molar-refractivity contribution in [3.8, 4) is 11.5 Å². The fraction of sp³-hybridized carbons (Fsp3) is 0.773. The minimum atomic E-state index is 0.0705. The van der Waals surface area contributed by atoms with Crippen LogP contribution in [0.4, 0.5) is 5.82 Å². The number of hydrogen-bond acceptors (Lipinski definition) is 4. The molecule has 4 bridgehead atoms. The van der Waals surface area contributed by atoms with Crippen molar-refractivity contribution in [2.45, 2.75) is 83.8 Å². The van der Waals surface area contributed by atoms with E-state index in [4.69, 9.17) is 9.97 Å². The Morgan fingerprint density at radius 1 is 1.18 bits per heavy atom. The third-order valence-corrected chi connectivity index (χ3v) is 8.24. The molecule has 0 aromatic heterocycles. The molecule has 3 heterocycles. The first kappa shape index (κ1) is 17.0. The monoisotopic (exact) mass is 381 g/mol. The molecule has 2 unspecified atom stereocenters. The van der Waals surface area contributed by atoms with Gasteiger partial charge >= 0.3 is 5.69 Å². The Bertz CT molecular complexity index is 958. The van der Waals surface area contributed by atoms with Crippen LogP contribution in [0.1, 0.15) is 65.1 Å². The lowest BCUT2D eigenvalue weighted by molar-refractivity contribution is 0.262. The van der Waals surface area contributed by atoms with Crippen LogP contribution in [0.25, 0.3) is 11.5 Å². The van der Waals surface area contributed by atoms with Gasteiger partial charge in [0.05, 0.1) is 0 Å². The molecule has 0 radical (unpaired) electrons. The van der Waals surface area contributed by atoms with Gasteiger partial charge in [0.1, 0.15) is 17.3 Å². The Balaban J connectivity index is 1.54. The number of anilines is 1. The first-order chi connectivity index (χ1) is 13.5. The number of rotatable bonds is 4. The average Bonchev–Trinajstić information content (AvgIpc) is 3.38. The smallest absolute Gasteiger partial charge is 0.331 e. The highest BCUT2D eigenvalue weighted by Gasteiger charge is 2.60. The average molecular weight is 382 g/mol. The summed E-state index contributed by atoms with van der Waals surface area (Å²) in [5.41, 5.74) is 1.18. The summed E-state index contributed by atoms with van der Waals surface area (Å²) in [6.45, 7) is 7.98. The number of aromatic nitrogens is 4. The molecular weight excluding hydrogens is 350 g/mol. The van der Waals surface area contributed by atoms with Crippen molar-refractivity contribution >= 4 is 5.82 Å². The Morgan fingerprint density at radius 3 is 2.61 bits per heavy atom. The summed E-state index contributed by atoms with van der Waals surface area (Å²) in [7, 11) is 0. The van der Waals surface area contributed by atoms with Gasteiger partial charge in [-0.1, -0.05) is 20.8 Å². The van der Waals surface area contributed by atoms with Crippen molar-refractivity contribution in [3.63, 3.8) is 0 Å². The minimum Gasteiger partial charge on any atom is -0.365 e. The maximum atomic E-state index is 13.3. The van der Waals surface area contributed by atoms with E-state index in [1.54, 1.807) is 0 Å². The van der Waals surface area contributed by atoms with Gasteiger partial charge in [0, 0.05) is 24.5 Å². The van der Waals surface area contributed by atoms with Gasteiger partial charge in [0.25, 0.3) is 0 Å². The third-order valence-electron chi connectivity index (χ3n) is 8.24. The van der Waals surface area contributed by atoms with E-state index in [1.807, 2.05) is 9.13 Å². The van der Waals surface area contributed by atoms with Gasteiger partial charge < -0.3 is 5.32 Å². The summed E-state index contributed by atoms with van der Waals surface area (Å²) in [6.07, 6.45) is 7.60. The molecule has 0 amide bonds. The predicted octanol–water partition coefficient (Wildman–Crippen LogP) is 3.48. The second kappa shape index (κ2) is 5.61. The molecule has 7 rings (SSSR count). The molecule has 0 aromatic carbocycles. The summed E-state index contributed by atoms with van der Waals surface area (Å²) in [5, 5.41) is 3.61. The van der Waals surface area contributed by atoms with Gasteiger partial charge in [-0.05, 0) is 62.2 Å². The molecule has 6 heteroatoms. The zero-order valence-corrected chi connectivity index (χ0v) is 17.2. The predicted molar refractivity (Wildman–Crippen MR) is 109 cm³/mol. The van der Waals surface area contributed by atoms with Gasteiger partial charge in [-0.2, -0.15) is 0 Å². The van der Waals surface area contributed by atoms with Crippen LogP contribution < -0.4 is 11.0 Å². The van der Waals surface area contributed by atoms with E-state index >= 15 is 0 Å². The van der Waals surface area contributed by atoms with Crippen molar-refractivity contribution in [1.29, 1.82) is 0 Å². The lowest BCUT2D eigenvalue weighted by Gasteiger charge is -2.30. The largest absolute Gasteiger partial charge is 0.365 e. The van der Waals surface area contributed by atoms with Crippen molar-refractivity contribution < 1.29 is 0 Å². The van der Waals surface area contributed by atoms with Crippen LogP contribution >= 0.6 is 0 Å². The molecule has 6 nitrogen and oxygen atoms in total. The fourth-order valence-electron chi connectivity index (χ4n) is 7.06. The first-order valence-electron chi connectivity index (χ1n) is 11.3. The van der Waals surface area contributed by atoms with E-state index in [1.165, 1.54) is 32.1 Å². The summed E-state index contributed by atoms with van der Waals surface area (Å²) >= 11 is 0. The molecule has 28 heavy (non-hydrogen) atoms. The zero-order chi connectivity index (χ0) is 19.2. The molecule has 1 N–H and O–H groups in total. The topological polar surface area (TPSA) is 64.7 Å². The summed E-state index contributed by atoms with van der Waals surface area (Å²) < 4.78 is 3.80. The molecule has 3 atom stereocenters. The second-order valence-electron chi connectivity index (χ2n) is 10.3. The molecule has 0 spiro atoms. The van der Waals surface area contributed by atoms with Crippen LogP contribution in [-0.4, -0.2) is 25.1 Å². The number of hydrogen-bond donors (Lipinski definition) is 1. The summed E-state index contributed by atoms with van der Waals surface area (Å²) in [5.74, 6) is 5.74. The third kappa shape index (κ3) is 2.07. The number of nitrogens with one attached hydrogen (secondary N) is 1. The van der Waals surface area contributed by atoms with E-state index in [0.717, 1.165) is 53.9 Å². The molecule has 3 aliphatic heterocycles. The van der Waals surface area contributed by atoms with E-state index < -0.39 is 0 Å². The van der Waals surface area contributed by atoms with Crippen LogP contribution in [-0.2, 0) is 18.5 Å². The number of imidazole rings is 1. The van der Waals surface area contributed by atoms with E-state index in [9.17, 15) is 4.79 Å². The standard InChI is InChI=1S/C22H31N5O/c1-4-5-26-19-17(18-23-16(12(2)3)11-27(18)21(26)28)24-20(25-19)22-9-13-6-14(10-22)8-15(22)7-13/h12-16,23H,4-11H2,1-3H3/t13?,14?,15?,16-,22?/m0/s1. The quantitative estimate of drug-likeness (QED) is 0.881. The van der Waals surface area contributed by atoms with Crippen LogP contribution in [0.3, 0.4) is 0 Å². The Hall–Kier alpha value is -1.85. The lowest BCUT2D eigenvalue weighted by atomic mass is 9.75. The molecule has 4 saturated carbocycles. The van der Waals surface area contributed by atoms with Crippen LogP contribution in [0.5, 0.6) is 0 Å². The molecule has 0 aromatic rings. The van der Waals surface area contributed by atoms with E-state index in [-0.39, 0.29) is 17.1 Å². The van der Waals surface area contributed by atoms with Crippen LogP contribution in [0, 0.1) is 23.7 Å². The number of nitrogens with zero attached hydrogens (tertiary/aromatic N) is 4. The van der Waals surface area contributed by atoms with Crippen molar-refractivity contribution in [2.24, 2.45) is 23.7 Å². The molecule has 7 aliphatic rings. The van der Waals surface area contributed by atoms with E-state index in [0.29, 0.717) is 12.5 Å². The zero-order valence-electron chi connectivity index (χ0n) is 17.2. The maximum Gasteiger partial charge on any atom is 0.331 e. The SMILES string of the molecule is CCCn1c2nc(C34CC5CC(CC3C5)C4)nc-2c2n(c1=O)C[C@@H](C(C)C)N2. The highest BCUT2D eigenvalue weighted by molar-refractivity contribution is 5.70. The lowest BCUT2D eigenvalue weighted by Crippen LogP contribution is -2.32. The molecule has 4 fully saturated rings. The Labute approximate surface area is 166 Å². The fourth-order valence-corrected chi connectivity index (χ4v) is 7.06. The normalized spacial score (nSPS) is 35.3. The van der Waals surface area contributed by atoms with Gasteiger partial charge in [0.2, 0.25) is 0 Å². The van der Waals surface area contributed by atoms with E-state index in [2.05, 4.69) is 26.1 Å². The highest BCUT2D eigenvalue weighted by Crippen LogP contribution is 2.65. The summed E-state index contributed by atoms with van der Waals surface area (Å²) in [6, 6.07) is 0.282. The van der Waals surface area contributed by atoms with Crippen molar-refractivity contribution in [1.82, 2.24) is 19.1 Å². The molecular formula is C22H31N5O. The highest BCUT2D eigenvalue weighted by atomic mass is 16.1. The van der Waals surface area contributed by atoms with Gasteiger partial charge in [-0.15, -0.1) is 0 Å². The minimum absolute atomic E-state index is 0.0705. The van der Waals surface area contributed by atoms with Gasteiger partial charge in [-0.25, -0.2) is 14.8 Å². The maximum absolute atomic E-state index is 13.3. The molecule has 150 valence electrons. The van der Waals surface area contributed by atoms with Crippen molar-refractivity contribution in [2.75, 3.05) is 5.32 Å². The molecule has 0 saturated heterocycles.